The molecule has 0 heterocycles. The predicted octanol–water partition coefficient (Wildman–Crippen LogP) is 4.42. The molecule has 0 bridgehead atoms. The van der Waals surface area contributed by atoms with E-state index in [2.05, 4.69) is 11.7 Å². The average molecular weight is 346 g/mol. The van der Waals surface area contributed by atoms with E-state index in [1.165, 1.54) is 0 Å². The topological polar surface area (TPSA) is 0 Å². The first-order chi connectivity index (χ1) is 8.06. The highest BCUT2D eigenvalue weighted by molar-refractivity contribution is 8.69. The Hall–Kier alpha value is -0.0700. The molecular weight excluding hydrogens is 345 g/mol. The molecule has 1 aliphatic rings. The first-order valence-corrected chi connectivity index (χ1v) is 5.83. The molecule has 0 aromatic rings. The zero-order valence-electron chi connectivity index (χ0n) is 8.01. The number of thiol groups is 1. The molecular formula is C6HF11S2. The summed E-state index contributed by atoms with van der Waals surface area (Å²) in [7, 11) is -1.70. The van der Waals surface area contributed by atoms with Crippen molar-refractivity contribution in [2.24, 2.45) is 0 Å². The van der Waals surface area contributed by atoms with Gasteiger partial charge in [-0.05, 0) is 10.8 Å². The summed E-state index contributed by atoms with van der Waals surface area (Å²) in [5, 5.41) is -6.03. The van der Waals surface area contributed by atoms with Crippen LogP contribution in [0.25, 0.3) is 0 Å². The van der Waals surface area contributed by atoms with Crippen molar-refractivity contribution in [3.8, 4) is 0 Å². The molecule has 0 atom stereocenters. The Kier molecular flexibility index (Phi) is 3.37. The van der Waals surface area contributed by atoms with Crippen molar-refractivity contribution < 1.29 is 48.3 Å². The van der Waals surface area contributed by atoms with Crippen molar-refractivity contribution in [3.63, 3.8) is 0 Å². The highest BCUT2D eigenvalue weighted by atomic mass is 33.1. The molecule has 0 N–H and O–H groups in total. The van der Waals surface area contributed by atoms with Gasteiger partial charge in [-0.1, -0.05) is 0 Å². The van der Waals surface area contributed by atoms with Gasteiger partial charge in [0.1, 0.15) is 0 Å². The van der Waals surface area contributed by atoms with Crippen molar-refractivity contribution in [2.75, 3.05) is 0 Å². The maximum Gasteiger partial charge on any atom is 0.384 e. The monoisotopic (exact) mass is 346 g/mol. The lowest BCUT2D eigenvalue weighted by atomic mass is 9.81. The van der Waals surface area contributed by atoms with E-state index >= 15 is 0 Å². The first kappa shape index (κ1) is 17.0. The molecule has 1 rings (SSSR count). The van der Waals surface area contributed by atoms with Crippen molar-refractivity contribution in [1.82, 2.24) is 0 Å². The van der Waals surface area contributed by atoms with Gasteiger partial charge >= 0.3 is 34.6 Å². The van der Waals surface area contributed by atoms with Crippen LogP contribution in [0.15, 0.2) is 0 Å². The molecule has 1 fully saturated rings. The summed E-state index contributed by atoms with van der Waals surface area (Å²) in [5.41, 5.74) is 0. The van der Waals surface area contributed by atoms with E-state index in [9.17, 15) is 48.3 Å². The molecule has 0 saturated heterocycles. The summed E-state index contributed by atoms with van der Waals surface area (Å²) in [6.07, 6.45) is 0. The molecule has 1 saturated carbocycles. The van der Waals surface area contributed by atoms with Crippen LogP contribution in [-0.2, 0) is 0 Å². The highest BCUT2D eigenvalue weighted by Crippen LogP contribution is 2.72. The van der Waals surface area contributed by atoms with Crippen molar-refractivity contribution >= 4 is 22.5 Å². The second-order valence-electron chi connectivity index (χ2n) is 3.56. The largest absolute Gasteiger partial charge is 0.384 e. The molecule has 1 aliphatic carbocycles. The van der Waals surface area contributed by atoms with Crippen LogP contribution in [0.3, 0.4) is 0 Å². The Morgan fingerprint density at radius 3 is 0.895 bits per heavy atom. The third-order valence-electron chi connectivity index (χ3n) is 2.51. The van der Waals surface area contributed by atoms with Gasteiger partial charge in [-0.2, -0.15) is 43.9 Å². The van der Waals surface area contributed by atoms with E-state index in [0.29, 0.717) is 0 Å². The second-order valence-corrected chi connectivity index (χ2v) is 4.85. The Morgan fingerprint density at radius 1 is 0.474 bits per heavy atom. The van der Waals surface area contributed by atoms with Gasteiger partial charge in [-0.25, -0.2) is 4.39 Å². The number of hydrogen-bond acceptors (Lipinski definition) is 2. The fraction of sp³-hybridized carbons (Fsp3) is 1.00. The summed E-state index contributed by atoms with van der Waals surface area (Å²) in [4.78, 5) is 0. The smallest absolute Gasteiger partial charge is 0.217 e. The lowest BCUT2D eigenvalue weighted by Gasteiger charge is -2.51. The van der Waals surface area contributed by atoms with E-state index in [1.54, 1.807) is 0 Å². The van der Waals surface area contributed by atoms with Gasteiger partial charge in [-0.15, -0.1) is 11.7 Å². The van der Waals surface area contributed by atoms with Crippen LogP contribution in [0.4, 0.5) is 48.3 Å². The van der Waals surface area contributed by atoms with Crippen molar-refractivity contribution in [1.29, 1.82) is 0 Å². The fourth-order valence-electron chi connectivity index (χ4n) is 1.31. The van der Waals surface area contributed by atoms with Crippen LogP contribution in [0, 0.1) is 0 Å². The molecule has 114 valence electrons. The van der Waals surface area contributed by atoms with Gasteiger partial charge in [0.15, 0.2) is 0 Å². The Morgan fingerprint density at radius 2 is 0.684 bits per heavy atom. The summed E-state index contributed by atoms with van der Waals surface area (Å²) in [6, 6.07) is 0. The van der Waals surface area contributed by atoms with Crippen LogP contribution >= 0.6 is 22.5 Å². The normalized spacial score (nSPS) is 32.8. The lowest BCUT2D eigenvalue weighted by Crippen LogP contribution is -2.82. The van der Waals surface area contributed by atoms with E-state index in [-0.39, 0.29) is 0 Å². The van der Waals surface area contributed by atoms with Gasteiger partial charge in [0.2, 0.25) is 0 Å². The van der Waals surface area contributed by atoms with Gasteiger partial charge in [-0.3, -0.25) is 0 Å². The Balaban J connectivity index is 3.76. The molecule has 19 heavy (non-hydrogen) atoms. The van der Waals surface area contributed by atoms with Gasteiger partial charge in [0, 0.05) is 0 Å². The SMILES string of the molecule is FC1(F)C(F)(F)C(F)(F)C(F)(SS)C(F)(F)C1(F)F. The first-order valence-electron chi connectivity index (χ1n) is 3.97. The summed E-state index contributed by atoms with van der Waals surface area (Å²) >= 11 is 2.46. The van der Waals surface area contributed by atoms with Gasteiger partial charge in [0.05, 0.1) is 0 Å². The molecule has 0 amide bonds. The van der Waals surface area contributed by atoms with Crippen LogP contribution in [0.1, 0.15) is 0 Å². The van der Waals surface area contributed by atoms with E-state index < -0.39 is 45.4 Å². The van der Waals surface area contributed by atoms with Gasteiger partial charge in [0.25, 0.3) is 0 Å². The third kappa shape index (κ3) is 1.40. The number of rotatable bonds is 1. The van der Waals surface area contributed by atoms with Crippen LogP contribution in [0.2, 0.25) is 0 Å². The molecule has 0 unspecified atom stereocenters. The number of alkyl halides is 11. The molecule has 0 radical (unpaired) electrons. The molecule has 0 aromatic carbocycles. The summed E-state index contributed by atoms with van der Waals surface area (Å²) in [6.45, 7) is 0. The molecule has 0 spiro atoms. The Labute approximate surface area is 106 Å². The predicted molar refractivity (Wildman–Crippen MR) is 45.2 cm³/mol. The van der Waals surface area contributed by atoms with E-state index in [1.807, 2.05) is 0 Å². The van der Waals surface area contributed by atoms with Crippen molar-refractivity contribution in [2.45, 2.75) is 34.6 Å². The maximum atomic E-state index is 13.3. The minimum Gasteiger partial charge on any atom is -0.217 e. The molecule has 13 heteroatoms. The zero-order valence-corrected chi connectivity index (χ0v) is 9.72. The van der Waals surface area contributed by atoms with Crippen LogP contribution < -0.4 is 0 Å². The minimum absolute atomic E-state index is 1.70. The van der Waals surface area contributed by atoms with Gasteiger partial charge < -0.3 is 0 Å². The maximum absolute atomic E-state index is 13.3. The fourth-order valence-corrected chi connectivity index (χ4v) is 2.48. The molecule has 0 aromatic heterocycles. The zero-order chi connectivity index (χ0) is 15.7. The van der Waals surface area contributed by atoms with Crippen LogP contribution in [0.5, 0.6) is 0 Å². The van der Waals surface area contributed by atoms with Crippen molar-refractivity contribution in [3.05, 3.63) is 0 Å². The van der Waals surface area contributed by atoms with Crippen LogP contribution in [-0.4, -0.2) is 34.6 Å². The lowest BCUT2D eigenvalue weighted by molar-refractivity contribution is -0.468. The average Bonchev–Trinajstić information content (AvgIpc) is 2.24. The summed E-state index contributed by atoms with van der Waals surface area (Å²) in [5.74, 6) is -34.8. The minimum atomic E-state index is -7.16. The second kappa shape index (κ2) is 3.77. The Bertz CT molecular complexity index is 359. The van der Waals surface area contributed by atoms with E-state index in [0.717, 1.165) is 0 Å². The highest BCUT2D eigenvalue weighted by Gasteiger charge is 3.01. The molecule has 0 aliphatic heterocycles. The third-order valence-corrected chi connectivity index (χ3v) is 4.03. The molecule has 0 nitrogen and oxygen atoms in total. The standard InChI is InChI=1S/C6HF11S2/c7-1(8)2(9,10)4(13,14)6(17,19-18)5(15,16)3(1,11)12/h18H. The van der Waals surface area contributed by atoms with E-state index in [4.69, 9.17) is 0 Å². The number of hydrogen-bond donors (Lipinski definition) is 1. The number of halogens is 11. The quantitative estimate of drug-likeness (QED) is 0.417. The summed E-state index contributed by atoms with van der Waals surface area (Å²) < 4.78 is 141.